The van der Waals surface area contributed by atoms with E-state index in [2.05, 4.69) is 5.32 Å². The molecule has 3 nitrogen and oxygen atoms in total. The number of halogens is 5. The van der Waals surface area contributed by atoms with Crippen LogP contribution in [0.15, 0.2) is 66.7 Å². The van der Waals surface area contributed by atoms with Gasteiger partial charge in [0.2, 0.25) is 0 Å². The summed E-state index contributed by atoms with van der Waals surface area (Å²) in [4.78, 5) is 0. The van der Waals surface area contributed by atoms with Gasteiger partial charge >= 0.3 is 6.18 Å². The highest BCUT2D eigenvalue weighted by atomic mass is 35.5. The Morgan fingerprint density at radius 2 is 1.69 bits per heavy atom. The van der Waals surface area contributed by atoms with E-state index in [9.17, 15) is 22.7 Å². The fourth-order valence-electron chi connectivity index (χ4n) is 3.18. The van der Waals surface area contributed by atoms with Crippen molar-refractivity contribution in [1.82, 2.24) is 5.32 Å². The van der Waals surface area contributed by atoms with Crippen LogP contribution in [0, 0.1) is 5.82 Å². The van der Waals surface area contributed by atoms with Gasteiger partial charge in [-0.25, -0.2) is 4.39 Å². The van der Waals surface area contributed by atoms with Crippen molar-refractivity contribution >= 4 is 11.6 Å². The lowest BCUT2D eigenvalue weighted by molar-refractivity contribution is -0.137. The normalized spacial score (nSPS) is 12.6. The predicted molar refractivity (Wildman–Crippen MR) is 116 cm³/mol. The van der Waals surface area contributed by atoms with Gasteiger partial charge in [0.25, 0.3) is 0 Å². The number of hydrogen-bond donors (Lipinski definition) is 2. The average molecular weight is 468 g/mol. The fourth-order valence-corrected chi connectivity index (χ4v) is 3.49. The van der Waals surface area contributed by atoms with Gasteiger partial charge in [0, 0.05) is 17.1 Å². The molecule has 1 atom stereocenters. The zero-order valence-corrected chi connectivity index (χ0v) is 17.8. The van der Waals surface area contributed by atoms with Gasteiger partial charge in [0.05, 0.1) is 5.56 Å². The number of hydrogen-bond acceptors (Lipinski definition) is 3. The molecule has 0 heterocycles. The summed E-state index contributed by atoms with van der Waals surface area (Å²) in [6, 6.07) is 15.8. The third-order valence-corrected chi connectivity index (χ3v) is 5.10. The van der Waals surface area contributed by atoms with Crippen LogP contribution < -0.4 is 10.1 Å². The van der Waals surface area contributed by atoms with Gasteiger partial charge in [-0.2, -0.15) is 13.2 Å². The van der Waals surface area contributed by atoms with E-state index in [0.717, 1.165) is 11.6 Å². The van der Waals surface area contributed by atoms with Crippen LogP contribution in [0.1, 0.15) is 11.1 Å². The first kappa shape index (κ1) is 24.0. The molecule has 0 aliphatic rings. The number of rotatable bonds is 9. The number of benzene rings is 3. The maximum absolute atomic E-state index is 13.3. The average Bonchev–Trinajstić information content (AvgIpc) is 2.76. The zero-order chi connectivity index (χ0) is 23.1. The Kier molecular flexibility index (Phi) is 8.12. The summed E-state index contributed by atoms with van der Waals surface area (Å²) in [5, 5.41) is 13.3. The van der Waals surface area contributed by atoms with E-state index in [1.165, 1.54) is 36.4 Å². The van der Waals surface area contributed by atoms with Crippen molar-refractivity contribution in [1.29, 1.82) is 0 Å². The molecule has 0 spiro atoms. The van der Waals surface area contributed by atoms with Crippen molar-refractivity contribution < 1.29 is 27.4 Å². The first-order valence-electron chi connectivity index (χ1n) is 9.96. The summed E-state index contributed by atoms with van der Waals surface area (Å²) < 4.78 is 58.1. The third-order valence-electron chi connectivity index (χ3n) is 4.78. The molecule has 0 aliphatic heterocycles. The Labute approximate surface area is 188 Å². The minimum Gasteiger partial charge on any atom is -0.491 e. The van der Waals surface area contributed by atoms with Crippen LogP contribution in [0.25, 0.3) is 11.1 Å². The zero-order valence-electron chi connectivity index (χ0n) is 17.0. The molecular weight excluding hydrogens is 446 g/mol. The summed E-state index contributed by atoms with van der Waals surface area (Å²) in [6.45, 7) is 0.867. The minimum atomic E-state index is -4.47. The van der Waals surface area contributed by atoms with Crippen LogP contribution in [0.5, 0.6) is 5.75 Å². The maximum Gasteiger partial charge on any atom is 0.417 e. The molecule has 2 N–H and O–H groups in total. The Bertz CT molecular complexity index is 1030. The summed E-state index contributed by atoms with van der Waals surface area (Å²) in [5.41, 5.74) is 0.490. The Balaban J connectivity index is 1.50. The standard InChI is InChI=1S/C24H22ClF4NO2/c25-23-13-16(5-10-21(23)20-3-1-2-4-22(20)24(27,28)29)11-12-30-14-18(31)15-32-19-8-6-17(26)7-9-19/h1-10,13,18,30-31H,11-12,14-15H2. The van der Waals surface area contributed by atoms with Crippen molar-refractivity contribution in [3.63, 3.8) is 0 Å². The summed E-state index contributed by atoms with van der Waals surface area (Å²) in [5.74, 6) is 0.101. The number of ether oxygens (including phenoxy) is 1. The molecule has 1 unspecified atom stereocenters. The number of aliphatic hydroxyl groups is 1. The summed E-state index contributed by atoms with van der Waals surface area (Å²) in [7, 11) is 0. The number of alkyl halides is 3. The SMILES string of the molecule is OC(CNCCc1ccc(-c2ccccc2C(F)(F)F)c(Cl)c1)COc1ccc(F)cc1. The maximum atomic E-state index is 13.3. The van der Waals surface area contributed by atoms with E-state index in [4.69, 9.17) is 16.3 Å². The van der Waals surface area contributed by atoms with E-state index in [-0.39, 0.29) is 29.6 Å². The van der Waals surface area contributed by atoms with Crippen LogP contribution >= 0.6 is 11.6 Å². The molecule has 32 heavy (non-hydrogen) atoms. The molecule has 3 aromatic rings. The molecule has 170 valence electrons. The Hall–Kier alpha value is -2.61. The molecule has 0 aromatic heterocycles. The van der Waals surface area contributed by atoms with Gasteiger partial charge in [0.1, 0.15) is 24.3 Å². The van der Waals surface area contributed by atoms with E-state index in [1.807, 2.05) is 0 Å². The Morgan fingerprint density at radius 3 is 2.38 bits per heavy atom. The molecule has 0 saturated carbocycles. The Morgan fingerprint density at radius 1 is 0.969 bits per heavy atom. The molecule has 0 aliphatic carbocycles. The highest BCUT2D eigenvalue weighted by Gasteiger charge is 2.33. The topological polar surface area (TPSA) is 41.5 Å². The van der Waals surface area contributed by atoms with Crippen LogP contribution in [-0.2, 0) is 12.6 Å². The molecule has 0 radical (unpaired) electrons. The summed E-state index contributed by atoms with van der Waals surface area (Å²) in [6.07, 6.45) is -4.65. The van der Waals surface area contributed by atoms with E-state index >= 15 is 0 Å². The molecule has 0 saturated heterocycles. The molecule has 0 amide bonds. The molecule has 3 rings (SSSR count). The lowest BCUT2D eigenvalue weighted by Crippen LogP contribution is -2.32. The van der Waals surface area contributed by atoms with Crippen molar-refractivity contribution in [2.75, 3.05) is 19.7 Å². The molecule has 0 bridgehead atoms. The molecule has 0 fully saturated rings. The van der Waals surface area contributed by atoms with Gasteiger partial charge in [0.15, 0.2) is 0 Å². The van der Waals surface area contributed by atoms with Crippen LogP contribution in [-0.4, -0.2) is 30.9 Å². The van der Waals surface area contributed by atoms with Crippen LogP contribution in [0.2, 0.25) is 5.02 Å². The van der Waals surface area contributed by atoms with Crippen LogP contribution in [0.4, 0.5) is 17.6 Å². The lowest BCUT2D eigenvalue weighted by Gasteiger charge is -2.15. The van der Waals surface area contributed by atoms with Gasteiger partial charge in [-0.05, 0) is 60.5 Å². The van der Waals surface area contributed by atoms with Gasteiger partial charge in [-0.1, -0.05) is 41.9 Å². The quantitative estimate of drug-likeness (QED) is 0.311. The second-order valence-electron chi connectivity index (χ2n) is 7.23. The second-order valence-corrected chi connectivity index (χ2v) is 7.64. The van der Waals surface area contributed by atoms with Crippen molar-refractivity contribution in [3.05, 3.63) is 88.7 Å². The highest BCUT2D eigenvalue weighted by Crippen LogP contribution is 2.39. The van der Waals surface area contributed by atoms with Crippen molar-refractivity contribution in [2.24, 2.45) is 0 Å². The second kappa shape index (κ2) is 10.8. The van der Waals surface area contributed by atoms with E-state index in [1.54, 1.807) is 24.3 Å². The molecular formula is C24H22ClF4NO2. The third kappa shape index (κ3) is 6.69. The van der Waals surface area contributed by atoms with E-state index < -0.39 is 17.8 Å². The van der Waals surface area contributed by atoms with E-state index in [0.29, 0.717) is 24.3 Å². The van der Waals surface area contributed by atoms with Gasteiger partial charge in [-0.15, -0.1) is 0 Å². The number of nitrogens with one attached hydrogen (secondary N) is 1. The number of aliphatic hydroxyl groups excluding tert-OH is 1. The largest absolute Gasteiger partial charge is 0.491 e. The van der Waals surface area contributed by atoms with Crippen molar-refractivity contribution in [3.8, 4) is 16.9 Å². The molecule has 3 aromatic carbocycles. The predicted octanol–water partition coefficient (Wildman–Crippen LogP) is 5.74. The van der Waals surface area contributed by atoms with Gasteiger partial charge in [-0.3, -0.25) is 0 Å². The van der Waals surface area contributed by atoms with Crippen molar-refractivity contribution in [2.45, 2.75) is 18.7 Å². The molecule has 8 heteroatoms. The summed E-state index contributed by atoms with van der Waals surface area (Å²) >= 11 is 6.29. The highest BCUT2D eigenvalue weighted by molar-refractivity contribution is 6.33. The van der Waals surface area contributed by atoms with Gasteiger partial charge < -0.3 is 15.2 Å². The monoisotopic (exact) mass is 467 g/mol. The minimum absolute atomic E-state index is 0.0407. The lowest BCUT2D eigenvalue weighted by atomic mass is 9.97. The first-order chi connectivity index (χ1) is 15.2. The van der Waals surface area contributed by atoms with Crippen LogP contribution in [0.3, 0.4) is 0 Å². The smallest absolute Gasteiger partial charge is 0.417 e. The fraction of sp³-hybridized carbons (Fsp3) is 0.250. The first-order valence-corrected chi connectivity index (χ1v) is 10.3.